The molecule has 5 heterocycles. The third-order valence-electron chi connectivity index (χ3n) is 6.33. The highest BCUT2D eigenvalue weighted by molar-refractivity contribution is 5.53. The summed E-state index contributed by atoms with van der Waals surface area (Å²) in [5.41, 5.74) is 7.59. The third-order valence-corrected chi connectivity index (χ3v) is 6.33. The Morgan fingerprint density at radius 1 is 1.03 bits per heavy atom. The zero-order valence-electron chi connectivity index (χ0n) is 17.1. The van der Waals surface area contributed by atoms with E-state index in [9.17, 15) is 0 Å². The van der Waals surface area contributed by atoms with E-state index in [1.54, 1.807) is 12.3 Å². The molecule has 0 saturated carbocycles. The Labute approximate surface area is 179 Å². The highest BCUT2D eigenvalue weighted by atomic mass is 16.3. The van der Waals surface area contributed by atoms with Gasteiger partial charge in [-0.3, -0.25) is 4.90 Å². The van der Waals surface area contributed by atoms with Gasteiger partial charge in [0, 0.05) is 25.2 Å². The molecule has 4 aromatic rings. The molecule has 9 nitrogen and oxygen atoms in total. The van der Waals surface area contributed by atoms with Crippen LogP contribution in [-0.2, 0) is 6.42 Å². The molecular formula is C22H24N8O. The van der Waals surface area contributed by atoms with Crippen molar-refractivity contribution in [2.75, 3.05) is 30.3 Å². The molecule has 2 aliphatic rings. The molecule has 2 N–H and O–H groups in total. The molecule has 3 aromatic heterocycles. The summed E-state index contributed by atoms with van der Waals surface area (Å²) >= 11 is 0. The molecule has 0 spiro atoms. The lowest BCUT2D eigenvalue weighted by molar-refractivity contribution is 0.195. The van der Waals surface area contributed by atoms with Gasteiger partial charge in [0.15, 0.2) is 5.76 Å². The maximum Gasteiger partial charge on any atom is 0.259 e. The van der Waals surface area contributed by atoms with Crippen LogP contribution in [0.5, 0.6) is 0 Å². The van der Waals surface area contributed by atoms with E-state index in [4.69, 9.17) is 15.1 Å². The van der Waals surface area contributed by atoms with Crippen LogP contribution in [0, 0.1) is 0 Å². The van der Waals surface area contributed by atoms with E-state index in [0.717, 1.165) is 19.5 Å². The quantitative estimate of drug-likeness (QED) is 0.541. The number of nitrogen functional groups attached to an aromatic ring is 1. The van der Waals surface area contributed by atoms with E-state index in [-0.39, 0.29) is 12.0 Å². The van der Waals surface area contributed by atoms with Crippen LogP contribution in [-0.4, -0.2) is 61.2 Å². The molecule has 0 radical (unpaired) electrons. The predicted octanol–water partition coefficient (Wildman–Crippen LogP) is 2.26. The van der Waals surface area contributed by atoms with Gasteiger partial charge < -0.3 is 15.1 Å². The summed E-state index contributed by atoms with van der Waals surface area (Å²) in [7, 11) is 0. The van der Waals surface area contributed by atoms with E-state index in [2.05, 4.69) is 55.2 Å². The zero-order valence-corrected chi connectivity index (χ0v) is 17.1. The second kappa shape index (κ2) is 7.35. The maximum atomic E-state index is 6.28. The second-order valence-corrected chi connectivity index (χ2v) is 8.29. The number of nitrogens with two attached hydrogens (primary N) is 1. The molecule has 0 aliphatic carbocycles. The Balaban J connectivity index is 1.38. The number of benzene rings is 1. The summed E-state index contributed by atoms with van der Waals surface area (Å²) in [6, 6.07) is 15.0. The number of nitrogens with zero attached hydrogens (tertiary/aromatic N) is 7. The Hall–Kier alpha value is -3.46. The van der Waals surface area contributed by atoms with Crippen molar-refractivity contribution in [2.45, 2.75) is 31.3 Å². The van der Waals surface area contributed by atoms with Crippen LogP contribution in [0.3, 0.4) is 0 Å². The van der Waals surface area contributed by atoms with E-state index >= 15 is 0 Å². The molecule has 2 aliphatic heterocycles. The van der Waals surface area contributed by atoms with Gasteiger partial charge >= 0.3 is 0 Å². The molecule has 1 unspecified atom stereocenters. The molecule has 2 saturated heterocycles. The molecule has 9 heteroatoms. The van der Waals surface area contributed by atoms with Gasteiger partial charge in [0.05, 0.1) is 6.26 Å². The van der Waals surface area contributed by atoms with Crippen LogP contribution in [0.2, 0.25) is 0 Å². The molecule has 0 bridgehead atoms. The molecule has 0 amide bonds. The van der Waals surface area contributed by atoms with Crippen LogP contribution >= 0.6 is 0 Å². The van der Waals surface area contributed by atoms with Gasteiger partial charge in [-0.2, -0.15) is 19.5 Å². The van der Waals surface area contributed by atoms with Crippen molar-refractivity contribution >= 4 is 17.7 Å². The first-order chi connectivity index (χ1) is 15.2. The van der Waals surface area contributed by atoms with Crippen molar-refractivity contribution in [3.63, 3.8) is 0 Å². The zero-order chi connectivity index (χ0) is 20.8. The predicted molar refractivity (Wildman–Crippen MR) is 117 cm³/mol. The van der Waals surface area contributed by atoms with Crippen molar-refractivity contribution in [2.24, 2.45) is 0 Å². The number of anilines is 2. The van der Waals surface area contributed by atoms with Gasteiger partial charge in [-0.15, -0.1) is 5.10 Å². The number of fused-ring (bicyclic) bond motifs is 2. The summed E-state index contributed by atoms with van der Waals surface area (Å²) in [4.78, 5) is 18.9. The second-order valence-electron chi connectivity index (χ2n) is 8.29. The van der Waals surface area contributed by atoms with Crippen LogP contribution in [0.15, 0.2) is 53.1 Å². The first-order valence-electron chi connectivity index (χ1n) is 10.7. The lowest BCUT2D eigenvalue weighted by Gasteiger charge is -2.43. The molecule has 2 fully saturated rings. The summed E-state index contributed by atoms with van der Waals surface area (Å²) < 4.78 is 6.89. The topological polar surface area (TPSA) is 102 Å². The fraction of sp³-hybridized carbons (Fsp3) is 0.364. The monoisotopic (exact) mass is 416 g/mol. The number of aromatic nitrogens is 5. The van der Waals surface area contributed by atoms with E-state index in [0.29, 0.717) is 29.4 Å². The van der Waals surface area contributed by atoms with Crippen LogP contribution < -0.4 is 10.6 Å². The first kappa shape index (κ1) is 18.3. The summed E-state index contributed by atoms with van der Waals surface area (Å²) in [6.07, 6.45) is 4.98. The number of hydrogen-bond donors (Lipinski definition) is 1. The summed E-state index contributed by atoms with van der Waals surface area (Å²) in [6.45, 7) is 3.06. The van der Waals surface area contributed by atoms with E-state index < -0.39 is 0 Å². The molecular weight excluding hydrogens is 392 g/mol. The van der Waals surface area contributed by atoms with Crippen molar-refractivity contribution in [3.8, 4) is 11.6 Å². The number of hydrogen-bond acceptors (Lipinski definition) is 8. The minimum atomic E-state index is 0.270. The maximum absolute atomic E-state index is 6.28. The standard InChI is InChI=1S/C22H24N8O/c23-20-25-21(26-22-24-19(27-30(20)22)18-9-5-11-31-18)29-14-16-8-4-10-28(16)13-17(29)12-15-6-2-1-3-7-15/h1-3,5-7,9,11,16-17H,4,8,10,12-14H2,(H2,23,24,25,26,27)/t16-,17?/m0/s1. The molecule has 2 atom stereocenters. The lowest BCUT2D eigenvalue weighted by atomic mass is 10.0. The Morgan fingerprint density at radius 3 is 2.77 bits per heavy atom. The van der Waals surface area contributed by atoms with Gasteiger partial charge in [0.1, 0.15) is 0 Å². The number of rotatable bonds is 4. The lowest BCUT2D eigenvalue weighted by Crippen LogP contribution is -2.57. The van der Waals surface area contributed by atoms with Crippen LogP contribution in [0.4, 0.5) is 11.9 Å². The van der Waals surface area contributed by atoms with Gasteiger partial charge in [-0.25, -0.2) is 0 Å². The molecule has 6 rings (SSSR count). The molecule has 1 aromatic carbocycles. The fourth-order valence-electron chi connectivity index (χ4n) is 4.83. The summed E-state index contributed by atoms with van der Waals surface area (Å²) in [5.74, 6) is 2.35. The number of furan rings is 1. The average Bonchev–Trinajstić information content (AvgIpc) is 3.53. The molecule has 158 valence electrons. The van der Waals surface area contributed by atoms with Crippen LogP contribution in [0.1, 0.15) is 18.4 Å². The van der Waals surface area contributed by atoms with Crippen molar-refractivity contribution in [1.29, 1.82) is 0 Å². The first-order valence-corrected chi connectivity index (χ1v) is 10.7. The minimum Gasteiger partial charge on any atom is -0.461 e. The van der Waals surface area contributed by atoms with Gasteiger partial charge in [0.25, 0.3) is 5.78 Å². The van der Waals surface area contributed by atoms with Crippen LogP contribution in [0.25, 0.3) is 17.4 Å². The Bertz CT molecular complexity index is 1190. The fourth-order valence-corrected chi connectivity index (χ4v) is 4.83. The van der Waals surface area contributed by atoms with E-state index in [1.165, 1.54) is 29.5 Å². The highest BCUT2D eigenvalue weighted by Crippen LogP contribution is 2.29. The SMILES string of the molecule is Nc1nc(N2C[C@@H]3CCCN3CC2Cc2ccccc2)nc2nc(-c3ccco3)nn12. The van der Waals surface area contributed by atoms with Crippen molar-refractivity contribution < 1.29 is 4.42 Å². The van der Waals surface area contributed by atoms with Crippen molar-refractivity contribution in [3.05, 3.63) is 54.3 Å². The average molecular weight is 416 g/mol. The third kappa shape index (κ3) is 3.31. The largest absolute Gasteiger partial charge is 0.461 e. The smallest absolute Gasteiger partial charge is 0.259 e. The van der Waals surface area contributed by atoms with Gasteiger partial charge in [-0.05, 0) is 43.5 Å². The van der Waals surface area contributed by atoms with Gasteiger partial charge in [-0.1, -0.05) is 30.3 Å². The van der Waals surface area contributed by atoms with Gasteiger partial charge in [0.2, 0.25) is 17.7 Å². The minimum absolute atomic E-state index is 0.270. The number of piperazine rings is 1. The Morgan fingerprint density at radius 2 is 1.94 bits per heavy atom. The Kier molecular flexibility index (Phi) is 4.34. The van der Waals surface area contributed by atoms with Crippen molar-refractivity contribution in [1.82, 2.24) is 29.5 Å². The normalized spacial score (nSPS) is 21.6. The summed E-state index contributed by atoms with van der Waals surface area (Å²) in [5, 5.41) is 4.42. The van der Waals surface area contributed by atoms with E-state index in [1.807, 2.05) is 6.07 Å². The highest BCUT2D eigenvalue weighted by Gasteiger charge is 2.37. The molecule has 31 heavy (non-hydrogen) atoms.